The molecule has 0 fully saturated rings. The zero-order valence-corrected chi connectivity index (χ0v) is 18.1. The number of halogens is 1. The van der Waals surface area contributed by atoms with Gasteiger partial charge in [0.25, 0.3) is 5.91 Å². The Morgan fingerprint density at radius 1 is 1.14 bits per heavy atom. The van der Waals surface area contributed by atoms with Gasteiger partial charge in [-0.2, -0.15) is 0 Å². The number of hydrogen-bond acceptors (Lipinski definition) is 5. The van der Waals surface area contributed by atoms with Crippen LogP contribution in [0, 0.1) is 6.92 Å². The highest BCUT2D eigenvalue weighted by Crippen LogP contribution is 2.18. The summed E-state index contributed by atoms with van der Waals surface area (Å²) in [5.74, 6) is -1.27. The molecule has 1 atom stereocenters. The minimum absolute atomic E-state index is 0.0427. The second-order valence-electron chi connectivity index (χ2n) is 6.02. The molecule has 1 amide bonds. The second-order valence-corrected chi connectivity index (χ2v) is 8.70. The molecule has 0 aliphatic carbocycles. The fraction of sp³-hybridized carbons (Fsp3) is 0.263. The summed E-state index contributed by atoms with van der Waals surface area (Å²) in [6.45, 7) is 4.99. The van der Waals surface area contributed by atoms with Gasteiger partial charge in [-0.25, -0.2) is 17.9 Å². The van der Waals surface area contributed by atoms with Crippen LogP contribution < -0.4 is 10.0 Å². The molecule has 28 heavy (non-hydrogen) atoms. The summed E-state index contributed by atoms with van der Waals surface area (Å²) in [5.41, 5.74) is 1.19. The van der Waals surface area contributed by atoms with Gasteiger partial charge in [0.15, 0.2) is 6.10 Å². The first-order valence-corrected chi connectivity index (χ1v) is 10.8. The molecule has 150 valence electrons. The van der Waals surface area contributed by atoms with E-state index < -0.39 is 28.0 Å². The summed E-state index contributed by atoms with van der Waals surface area (Å²) < 4.78 is 32.8. The van der Waals surface area contributed by atoms with Gasteiger partial charge in [-0.3, -0.25) is 4.79 Å². The summed E-state index contributed by atoms with van der Waals surface area (Å²) in [6.07, 6.45) is -1.07. The molecule has 0 bridgehead atoms. The molecule has 0 spiro atoms. The number of rotatable bonds is 7. The summed E-state index contributed by atoms with van der Waals surface area (Å²) in [4.78, 5) is 24.7. The number of ether oxygens (including phenoxy) is 1. The smallest absolute Gasteiger partial charge is 0.339 e. The van der Waals surface area contributed by atoms with Gasteiger partial charge in [-0.1, -0.05) is 28.9 Å². The molecular weight excluding hydrogens is 448 g/mol. The molecule has 2 N–H and O–H groups in total. The zero-order valence-electron chi connectivity index (χ0n) is 15.7. The van der Waals surface area contributed by atoms with Crippen LogP contribution in [0.15, 0.2) is 51.8 Å². The molecule has 2 aromatic rings. The van der Waals surface area contributed by atoms with Crippen molar-refractivity contribution in [2.75, 3.05) is 11.9 Å². The Kier molecular flexibility index (Phi) is 7.34. The Morgan fingerprint density at radius 2 is 1.79 bits per heavy atom. The molecule has 0 heterocycles. The molecule has 0 radical (unpaired) electrons. The van der Waals surface area contributed by atoms with Crippen molar-refractivity contribution in [1.29, 1.82) is 0 Å². The number of esters is 1. The zero-order chi connectivity index (χ0) is 20.9. The number of anilines is 1. The Bertz CT molecular complexity index is 974. The maximum atomic E-state index is 12.5. The second kappa shape index (κ2) is 9.31. The quantitative estimate of drug-likeness (QED) is 0.607. The van der Waals surface area contributed by atoms with Crippen molar-refractivity contribution in [3.05, 3.63) is 58.1 Å². The van der Waals surface area contributed by atoms with E-state index >= 15 is 0 Å². The van der Waals surface area contributed by atoms with Crippen molar-refractivity contribution in [2.24, 2.45) is 0 Å². The van der Waals surface area contributed by atoms with Crippen LogP contribution in [0.4, 0.5) is 5.69 Å². The van der Waals surface area contributed by atoms with Gasteiger partial charge in [-0.05, 0) is 55.8 Å². The van der Waals surface area contributed by atoms with E-state index in [2.05, 4.69) is 26.0 Å². The van der Waals surface area contributed by atoms with Gasteiger partial charge in [0.1, 0.15) is 0 Å². The molecule has 9 heteroatoms. The van der Waals surface area contributed by atoms with Crippen molar-refractivity contribution < 1.29 is 22.7 Å². The molecule has 2 aromatic carbocycles. The van der Waals surface area contributed by atoms with Crippen LogP contribution in [0.3, 0.4) is 0 Å². The fourth-order valence-corrected chi connectivity index (χ4v) is 3.65. The monoisotopic (exact) mass is 468 g/mol. The average molecular weight is 469 g/mol. The summed E-state index contributed by atoms with van der Waals surface area (Å²) in [7, 11) is -3.71. The van der Waals surface area contributed by atoms with Gasteiger partial charge in [-0.15, -0.1) is 0 Å². The Balaban J connectivity index is 2.13. The first-order valence-electron chi connectivity index (χ1n) is 8.51. The van der Waals surface area contributed by atoms with Gasteiger partial charge in [0.05, 0.1) is 10.5 Å². The highest BCUT2D eigenvalue weighted by atomic mass is 79.9. The maximum absolute atomic E-state index is 12.5. The van der Waals surface area contributed by atoms with Crippen molar-refractivity contribution in [2.45, 2.75) is 31.8 Å². The largest absolute Gasteiger partial charge is 0.449 e. The Hall–Kier alpha value is -2.23. The van der Waals surface area contributed by atoms with Crippen LogP contribution in [0.25, 0.3) is 0 Å². The van der Waals surface area contributed by atoms with Crippen molar-refractivity contribution in [3.63, 3.8) is 0 Å². The van der Waals surface area contributed by atoms with E-state index in [0.717, 1.165) is 4.47 Å². The first kappa shape index (κ1) is 22.1. The third kappa shape index (κ3) is 5.63. The van der Waals surface area contributed by atoms with E-state index in [1.165, 1.54) is 25.1 Å². The lowest BCUT2D eigenvalue weighted by molar-refractivity contribution is -0.123. The van der Waals surface area contributed by atoms with Crippen molar-refractivity contribution in [3.8, 4) is 0 Å². The predicted molar refractivity (Wildman–Crippen MR) is 110 cm³/mol. The molecule has 0 aromatic heterocycles. The topological polar surface area (TPSA) is 102 Å². The van der Waals surface area contributed by atoms with Crippen LogP contribution in [-0.4, -0.2) is 32.9 Å². The summed E-state index contributed by atoms with van der Waals surface area (Å²) >= 11 is 3.31. The van der Waals surface area contributed by atoms with Gasteiger partial charge >= 0.3 is 5.97 Å². The lowest BCUT2D eigenvalue weighted by Crippen LogP contribution is -2.30. The SMILES string of the molecule is CCNS(=O)(=O)c1ccc(C)c(C(=O)OC(C)C(=O)Nc2ccc(Br)cc2)c1. The fourth-order valence-electron chi connectivity index (χ4n) is 2.32. The van der Waals surface area contributed by atoms with E-state index in [0.29, 0.717) is 11.3 Å². The van der Waals surface area contributed by atoms with E-state index in [-0.39, 0.29) is 17.0 Å². The lowest BCUT2D eigenvalue weighted by Gasteiger charge is -2.15. The number of aryl methyl sites for hydroxylation is 1. The number of carbonyl (C=O) groups is 2. The number of nitrogens with one attached hydrogen (secondary N) is 2. The van der Waals surface area contributed by atoms with Crippen molar-refractivity contribution in [1.82, 2.24) is 4.72 Å². The van der Waals surface area contributed by atoms with Crippen LogP contribution in [-0.2, 0) is 19.6 Å². The minimum Gasteiger partial charge on any atom is -0.449 e. The molecule has 0 aliphatic rings. The Labute approximate surface area is 172 Å². The molecule has 0 aliphatic heterocycles. The lowest BCUT2D eigenvalue weighted by atomic mass is 10.1. The molecule has 1 unspecified atom stereocenters. The number of sulfonamides is 1. The molecule has 2 rings (SSSR count). The third-order valence-electron chi connectivity index (χ3n) is 3.84. The van der Waals surface area contributed by atoms with E-state index in [4.69, 9.17) is 4.74 Å². The van der Waals surface area contributed by atoms with Crippen LogP contribution in [0.5, 0.6) is 0 Å². The van der Waals surface area contributed by atoms with Crippen LogP contribution in [0.1, 0.15) is 29.8 Å². The highest BCUT2D eigenvalue weighted by Gasteiger charge is 2.22. The number of amides is 1. The van der Waals surface area contributed by atoms with Gasteiger partial charge in [0, 0.05) is 16.7 Å². The molecule has 7 nitrogen and oxygen atoms in total. The first-order chi connectivity index (χ1) is 13.1. The number of carbonyl (C=O) groups excluding carboxylic acids is 2. The normalized spacial score (nSPS) is 12.3. The van der Waals surface area contributed by atoms with Crippen LogP contribution in [0.2, 0.25) is 0 Å². The van der Waals surface area contributed by atoms with Gasteiger partial charge < -0.3 is 10.1 Å². The van der Waals surface area contributed by atoms with E-state index in [1.807, 2.05) is 0 Å². The summed E-state index contributed by atoms with van der Waals surface area (Å²) in [5, 5.41) is 2.65. The third-order valence-corrected chi connectivity index (χ3v) is 5.91. The number of hydrogen-bond donors (Lipinski definition) is 2. The standard InChI is InChI=1S/C19H21BrN2O5S/c1-4-21-28(25,26)16-10-5-12(2)17(11-16)19(24)27-13(3)18(23)22-15-8-6-14(20)7-9-15/h5-11,13,21H,4H2,1-3H3,(H,22,23). The summed E-state index contributed by atoms with van der Waals surface area (Å²) in [6, 6.07) is 11.1. The minimum atomic E-state index is -3.71. The van der Waals surface area contributed by atoms with E-state index in [9.17, 15) is 18.0 Å². The molecule has 0 saturated carbocycles. The maximum Gasteiger partial charge on any atom is 0.339 e. The van der Waals surface area contributed by atoms with Gasteiger partial charge in [0.2, 0.25) is 10.0 Å². The average Bonchev–Trinajstić information content (AvgIpc) is 2.63. The molecular formula is C19H21BrN2O5S. The predicted octanol–water partition coefficient (Wildman–Crippen LogP) is 3.24. The highest BCUT2D eigenvalue weighted by molar-refractivity contribution is 9.10. The Morgan fingerprint density at radius 3 is 2.39 bits per heavy atom. The van der Waals surface area contributed by atoms with Crippen LogP contribution >= 0.6 is 15.9 Å². The van der Waals surface area contributed by atoms with Crippen molar-refractivity contribution >= 4 is 43.5 Å². The molecule has 0 saturated heterocycles. The van der Waals surface area contributed by atoms with E-state index in [1.54, 1.807) is 38.1 Å². The number of benzene rings is 2.